The van der Waals surface area contributed by atoms with E-state index in [-0.39, 0.29) is 6.04 Å². The van der Waals surface area contributed by atoms with Crippen molar-refractivity contribution in [3.63, 3.8) is 0 Å². The van der Waals surface area contributed by atoms with Crippen molar-refractivity contribution in [3.05, 3.63) is 24.2 Å². The average molecular weight is 204 g/mol. The summed E-state index contributed by atoms with van der Waals surface area (Å²) < 4.78 is 5.33. The number of nitriles is 1. The van der Waals surface area contributed by atoms with Gasteiger partial charge in [0, 0.05) is 6.04 Å². The summed E-state index contributed by atoms with van der Waals surface area (Å²) in [6.45, 7) is 2.83. The Morgan fingerprint density at radius 3 is 2.93 bits per heavy atom. The van der Waals surface area contributed by atoms with Gasteiger partial charge in [0.2, 0.25) is 0 Å². The smallest absolute Gasteiger partial charge is 0.117 e. The van der Waals surface area contributed by atoms with Crippen LogP contribution in [-0.2, 0) is 6.54 Å². The van der Waals surface area contributed by atoms with Crippen LogP contribution in [0.4, 0.5) is 0 Å². The SMILES string of the molecule is CCC(C#N)N(Cc1ccco1)C1CC1. The van der Waals surface area contributed by atoms with Crippen LogP contribution in [0, 0.1) is 11.3 Å². The van der Waals surface area contributed by atoms with Gasteiger partial charge in [0.1, 0.15) is 5.76 Å². The zero-order valence-corrected chi connectivity index (χ0v) is 9.02. The van der Waals surface area contributed by atoms with E-state index < -0.39 is 0 Å². The van der Waals surface area contributed by atoms with Gasteiger partial charge in [0.05, 0.1) is 24.9 Å². The predicted octanol–water partition coefficient (Wildman–Crippen LogP) is 2.55. The Morgan fingerprint density at radius 1 is 1.67 bits per heavy atom. The van der Waals surface area contributed by atoms with Gasteiger partial charge in [-0.25, -0.2) is 0 Å². The summed E-state index contributed by atoms with van der Waals surface area (Å²) in [4.78, 5) is 2.26. The Bertz CT molecular complexity index is 335. The Balaban J connectivity index is 2.03. The van der Waals surface area contributed by atoms with Crippen molar-refractivity contribution in [1.82, 2.24) is 4.90 Å². The largest absolute Gasteiger partial charge is 0.468 e. The van der Waals surface area contributed by atoms with E-state index in [2.05, 4.69) is 17.9 Å². The van der Waals surface area contributed by atoms with Crippen LogP contribution >= 0.6 is 0 Å². The molecule has 1 aliphatic rings. The predicted molar refractivity (Wildman–Crippen MR) is 57.0 cm³/mol. The zero-order valence-electron chi connectivity index (χ0n) is 9.02. The van der Waals surface area contributed by atoms with Crippen molar-refractivity contribution in [3.8, 4) is 6.07 Å². The number of nitrogens with zero attached hydrogens (tertiary/aromatic N) is 2. The Kier molecular flexibility index (Phi) is 3.08. The highest BCUT2D eigenvalue weighted by Crippen LogP contribution is 2.30. The maximum Gasteiger partial charge on any atom is 0.117 e. The molecule has 0 amide bonds. The molecule has 1 unspecified atom stereocenters. The van der Waals surface area contributed by atoms with Gasteiger partial charge in [-0.3, -0.25) is 4.90 Å². The molecular formula is C12H16N2O. The van der Waals surface area contributed by atoms with Crippen LogP contribution in [0.1, 0.15) is 31.9 Å². The molecule has 0 radical (unpaired) electrons. The maximum absolute atomic E-state index is 9.08. The molecular weight excluding hydrogens is 188 g/mol. The van der Waals surface area contributed by atoms with Crippen LogP contribution in [-0.4, -0.2) is 17.0 Å². The van der Waals surface area contributed by atoms with Crippen molar-refractivity contribution >= 4 is 0 Å². The molecule has 80 valence electrons. The number of furan rings is 1. The minimum atomic E-state index is 0.0302. The molecule has 1 atom stereocenters. The fraction of sp³-hybridized carbons (Fsp3) is 0.583. The molecule has 0 aromatic carbocycles. The molecule has 0 saturated heterocycles. The Morgan fingerprint density at radius 2 is 2.47 bits per heavy atom. The first kappa shape index (κ1) is 10.3. The molecule has 1 aromatic heterocycles. The second-order valence-electron chi connectivity index (χ2n) is 4.04. The van der Waals surface area contributed by atoms with Gasteiger partial charge in [-0.05, 0) is 31.4 Å². The molecule has 0 bridgehead atoms. The van der Waals surface area contributed by atoms with Gasteiger partial charge in [-0.1, -0.05) is 6.92 Å². The van der Waals surface area contributed by atoms with Gasteiger partial charge in [0.15, 0.2) is 0 Å². The first-order valence-electron chi connectivity index (χ1n) is 5.53. The van der Waals surface area contributed by atoms with Crippen LogP contribution in [0.25, 0.3) is 0 Å². The van der Waals surface area contributed by atoms with E-state index in [4.69, 9.17) is 9.68 Å². The van der Waals surface area contributed by atoms with E-state index in [1.807, 2.05) is 12.1 Å². The Hall–Kier alpha value is -1.27. The van der Waals surface area contributed by atoms with E-state index >= 15 is 0 Å². The van der Waals surface area contributed by atoms with E-state index in [0.717, 1.165) is 18.7 Å². The second-order valence-corrected chi connectivity index (χ2v) is 4.04. The minimum Gasteiger partial charge on any atom is -0.468 e. The molecule has 0 spiro atoms. The third kappa shape index (κ3) is 2.40. The summed E-state index contributed by atoms with van der Waals surface area (Å²) >= 11 is 0. The molecule has 15 heavy (non-hydrogen) atoms. The molecule has 0 N–H and O–H groups in total. The zero-order chi connectivity index (χ0) is 10.7. The lowest BCUT2D eigenvalue weighted by atomic mass is 10.2. The van der Waals surface area contributed by atoms with Gasteiger partial charge in [-0.15, -0.1) is 0 Å². The van der Waals surface area contributed by atoms with Gasteiger partial charge in [-0.2, -0.15) is 5.26 Å². The third-order valence-electron chi connectivity index (χ3n) is 2.87. The van der Waals surface area contributed by atoms with Crippen LogP contribution < -0.4 is 0 Å². The van der Waals surface area contributed by atoms with Gasteiger partial charge >= 0.3 is 0 Å². The minimum absolute atomic E-state index is 0.0302. The van der Waals surface area contributed by atoms with Crippen molar-refractivity contribution in [2.24, 2.45) is 0 Å². The fourth-order valence-corrected chi connectivity index (χ4v) is 1.88. The second kappa shape index (κ2) is 4.50. The fourth-order valence-electron chi connectivity index (χ4n) is 1.88. The summed E-state index contributed by atoms with van der Waals surface area (Å²) in [5, 5.41) is 9.08. The molecule has 1 aliphatic carbocycles. The van der Waals surface area contributed by atoms with Gasteiger partial charge < -0.3 is 4.42 Å². The van der Waals surface area contributed by atoms with Crippen LogP contribution in [0.2, 0.25) is 0 Å². The topological polar surface area (TPSA) is 40.2 Å². The molecule has 1 heterocycles. The molecule has 2 rings (SSSR count). The summed E-state index contributed by atoms with van der Waals surface area (Å²) in [6, 6.07) is 6.87. The van der Waals surface area contributed by atoms with Gasteiger partial charge in [0.25, 0.3) is 0 Å². The molecule has 3 heteroatoms. The van der Waals surface area contributed by atoms with E-state index in [1.54, 1.807) is 6.26 Å². The number of hydrogen-bond donors (Lipinski definition) is 0. The first-order valence-corrected chi connectivity index (χ1v) is 5.53. The van der Waals surface area contributed by atoms with Crippen molar-refractivity contribution in [1.29, 1.82) is 5.26 Å². The van der Waals surface area contributed by atoms with Crippen LogP contribution in [0.15, 0.2) is 22.8 Å². The van der Waals surface area contributed by atoms with E-state index in [9.17, 15) is 0 Å². The third-order valence-corrected chi connectivity index (χ3v) is 2.87. The van der Waals surface area contributed by atoms with Crippen LogP contribution in [0.3, 0.4) is 0 Å². The summed E-state index contributed by atoms with van der Waals surface area (Å²) in [7, 11) is 0. The molecule has 1 fully saturated rings. The molecule has 1 aromatic rings. The summed E-state index contributed by atoms with van der Waals surface area (Å²) in [5.74, 6) is 0.954. The lowest BCUT2D eigenvalue weighted by molar-refractivity contribution is 0.193. The van der Waals surface area contributed by atoms with E-state index in [1.165, 1.54) is 12.8 Å². The Labute approximate surface area is 90.3 Å². The number of rotatable bonds is 5. The molecule has 1 saturated carbocycles. The van der Waals surface area contributed by atoms with Crippen molar-refractivity contribution in [2.75, 3.05) is 0 Å². The number of hydrogen-bond acceptors (Lipinski definition) is 3. The normalized spacial score (nSPS) is 17.7. The standard InChI is InChI=1S/C12H16N2O/c1-2-10(8-13)14(11-5-6-11)9-12-4-3-7-15-12/h3-4,7,10-11H,2,5-6,9H2,1H3. The molecule has 3 nitrogen and oxygen atoms in total. The quantitative estimate of drug-likeness (QED) is 0.740. The average Bonchev–Trinajstić information content (AvgIpc) is 2.97. The lowest BCUT2D eigenvalue weighted by Gasteiger charge is -2.24. The van der Waals surface area contributed by atoms with Crippen LogP contribution in [0.5, 0.6) is 0 Å². The summed E-state index contributed by atoms with van der Waals surface area (Å²) in [6.07, 6.45) is 5.01. The maximum atomic E-state index is 9.08. The summed E-state index contributed by atoms with van der Waals surface area (Å²) in [5.41, 5.74) is 0. The van der Waals surface area contributed by atoms with E-state index in [0.29, 0.717) is 6.04 Å². The van der Waals surface area contributed by atoms with Crippen molar-refractivity contribution < 1.29 is 4.42 Å². The highest BCUT2D eigenvalue weighted by atomic mass is 16.3. The monoisotopic (exact) mass is 204 g/mol. The first-order chi connectivity index (χ1) is 7.35. The molecule has 0 aliphatic heterocycles. The highest BCUT2D eigenvalue weighted by molar-refractivity contribution is 5.04. The van der Waals surface area contributed by atoms with Crippen molar-refractivity contribution in [2.45, 2.75) is 44.8 Å². The highest BCUT2D eigenvalue weighted by Gasteiger charge is 2.33. The lowest BCUT2D eigenvalue weighted by Crippen LogP contribution is -2.35.